The van der Waals surface area contributed by atoms with E-state index < -0.39 is 11.9 Å². The lowest BCUT2D eigenvalue weighted by atomic mass is 10.1. The van der Waals surface area contributed by atoms with Crippen LogP contribution in [0.15, 0.2) is 52.3 Å². The normalized spacial score (nSPS) is 10.3. The first kappa shape index (κ1) is 14.9. The molecule has 2 aromatic rings. The van der Waals surface area contributed by atoms with Gasteiger partial charge in [-0.3, -0.25) is 4.79 Å². The van der Waals surface area contributed by atoms with Crippen LogP contribution in [0.2, 0.25) is 0 Å². The van der Waals surface area contributed by atoms with Gasteiger partial charge in [-0.15, -0.1) is 0 Å². The zero-order valence-electron chi connectivity index (χ0n) is 10.9. The zero-order valence-corrected chi connectivity index (χ0v) is 11.8. The van der Waals surface area contributed by atoms with Crippen LogP contribution in [0.5, 0.6) is 0 Å². The number of carbonyl (C=O) groups is 2. The summed E-state index contributed by atoms with van der Waals surface area (Å²) in [7, 11) is 0. The van der Waals surface area contributed by atoms with Crippen LogP contribution in [0.25, 0.3) is 0 Å². The summed E-state index contributed by atoms with van der Waals surface area (Å²) in [5, 5.41) is 17.7. The highest BCUT2D eigenvalue weighted by Gasteiger charge is 2.08. The van der Waals surface area contributed by atoms with Gasteiger partial charge >= 0.3 is 11.9 Å². The number of aromatic carboxylic acids is 1. The maximum atomic E-state index is 10.8. The molecular weight excluding hydrogens is 290 g/mol. The van der Waals surface area contributed by atoms with Crippen molar-refractivity contribution in [1.82, 2.24) is 0 Å². The summed E-state index contributed by atoms with van der Waals surface area (Å²) in [4.78, 5) is 23.3. The number of benzene rings is 2. The molecule has 0 spiro atoms. The Balaban J connectivity index is 2.19. The molecule has 21 heavy (non-hydrogen) atoms. The molecule has 2 rings (SSSR count). The van der Waals surface area contributed by atoms with E-state index in [2.05, 4.69) is 0 Å². The smallest absolute Gasteiger partial charge is 0.335 e. The number of carboxylic acids is 2. The minimum atomic E-state index is -0.970. The Kier molecular flexibility index (Phi) is 4.49. The molecule has 0 aliphatic carbocycles. The minimum Gasteiger partial charge on any atom is -0.481 e. The molecule has 2 aromatic carbocycles. The van der Waals surface area contributed by atoms with Crippen molar-refractivity contribution in [3.63, 3.8) is 0 Å². The van der Waals surface area contributed by atoms with Gasteiger partial charge in [-0.1, -0.05) is 11.8 Å². The van der Waals surface area contributed by atoms with Gasteiger partial charge in [0.25, 0.3) is 0 Å². The number of rotatable bonds is 5. The van der Waals surface area contributed by atoms with Gasteiger partial charge in [-0.05, 0) is 48.0 Å². The molecule has 0 heterocycles. The molecular formula is C15H13NO4S. The SMILES string of the molecule is Nc1ccc(Sc2ccc(C(=O)O)cc2)cc1CC(=O)O. The predicted octanol–water partition coefficient (Wildman–Crippen LogP) is 2.75. The van der Waals surface area contributed by atoms with Crippen LogP contribution in [0, 0.1) is 0 Å². The van der Waals surface area contributed by atoms with Gasteiger partial charge in [0.05, 0.1) is 12.0 Å². The lowest BCUT2D eigenvalue weighted by Crippen LogP contribution is -2.03. The Morgan fingerprint density at radius 3 is 2.19 bits per heavy atom. The van der Waals surface area contributed by atoms with Crippen LogP contribution < -0.4 is 5.73 Å². The fourth-order valence-electron chi connectivity index (χ4n) is 1.76. The molecule has 0 aliphatic heterocycles. The van der Waals surface area contributed by atoms with Gasteiger partial charge in [-0.2, -0.15) is 0 Å². The Hall–Kier alpha value is -2.47. The molecule has 0 aliphatic rings. The van der Waals surface area contributed by atoms with Crippen LogP contribution in [-0.2, 0) is 11.2 Å². The summed E-state index contributed by atoms with van der Waals surface area (Å²) in [6.07, 6.45) is -0.127. The molecule has 0 radical (unpaired) electrons. The summed E-state index contributed by atoms with van der Waals surface area (Å²) in [6, 6.07) is 11.7. The van der Waals surface area contributed by atoms with E-state index >= 15 is 0 Å². The number of hydrogen-bond donors (Lipinski definition) is 3. The van der Waals surface area contributed by atoms with Gasteiger partial charge in [-0.25, -0.2) is 4.79 Å². The number of anilines is 1. The van der Waals surface area contributed by atoms with Crippen molar-refractivity contribution in [1.29, 1.82) is 0 Å². The lowest BCUT2D eigenvalue weighted by molar-refractivity contribution is -0.136. The first-order valence-corrected chi connectivity index (χ1v) is 6.89. The topological polar surface area (TPSA) is 101 Å². The Labute approximate surface area is 125 Å². The van der Waals surface area contributed by atoms with Crippen molar-refractivity contribution >= 4 is 29.4 Å². The Morgan fingerprint density at radius 2 is 1.62 bits per heavy atom. The third kappa shape index (κ3) is 4.00. The third-order valence-corrected chi connectivity index (χ3v) is 3.79. The van der Waals surface area contributed by atoms with Gasteiger partial charge in [0.15, 0.2) is 0 Å². The van der Waals surface area contributed by atoms with Crippen molar-refractivity contribution in [3.05, 3.63) is 53.6 Å². The molecule has 5 nitrogen and oxygen atoms in total. The van der Waals surface area contributed by atoms with Crippen LogP contribution in [0.1, 0.15) is 15.9 Å². The van der Waals surface area contributed by atoms with E-state index in [0.717, 1.165) is 9.79 Å². The second-order valence-corrected chi connectivity index (χ2v) is 5.51. The van der Waals surface area contributed by atoms with E-state index in [1.165, 1.54) is 23.9 Å². The highest BCUT2D eigenvalue weighted by atomic mass is 32.2. The molecule has 0 atom stereocenters. The van der Waals surface area contributed by atoms with Crippen LogP contribution in [-0.4, -0.2) is 22.2 Å². The largest absolute Gasteiger partial charge is 0.481 e. The molecule has 0 fully saturated rings. The highest BCUT2D eigenvalue weighted by molar-refractivity contribution is 7.99. The molecule has 0 amide bonds. The summed E-state index contributed by atoms with van der Waals surface area (Å²) in [5.74, 6) is -1.91. The van der Waals surface area contributed by atoms with Crippen molar-refractivity contribution in [2.75, 3.05) is 5.73 Å². The first-order chi connectivity index (χ1) is 9.95. The third-order valence-electron chi connectivity index (χ3n) is 2.79. The first-order valence-electron chi connectivity index (χ1n) is 6.07. The van der Waals surface area contributed by atoms with Crippen LogP contribution in [0.3, 0.4) is 0 Å². The lowest BCUT2D eigenvalue weighted by Gasteiger charge is -2.07. The standard InChI is InChI=1S/C15H13NO4S/c16-13-6-5-12(7-10(13)8-14(17)18)21-11-3-1-9(2-4-11)15(19)20/h1-7H,8,16H2,(H,17,18)(H,19,20). The van der Waals surface area contributed by atoms with E-state index in [4.69, 9.17) is 15.9 Å². The fourth-order valence-corrected chi connectivity index (χ4v) is 2.64. The summed E-state index contributed by atoms with van der Waals surface area (Å²) < 4.78 is 0. The van der Waals surface area contributed by atoms with E-state index in [9.17, 15) is 9.59 Å². The molecule has 0 saturated heterocycles. The van der Waals surface area contributed by atoms with Gasteiger partial charge in [0.1, 0.15) is 0 Å². The molecule has 108 valence electrons. The van der Waals surface area contributed by atoms with Crippen molar-refractivity contribution in [2.24, 2.45) is 0 Å². The quantitative estimate of drug-likeness (QED) is 0.734. The van der Waals surface area contributed by atoms with Crippen LogP contribution in [0.4, 0.5) is 5.69 Å². The number of aliphatic carboxylic acids is 1. The van der Waals surface area contributed by atoms with Gasteiger partial charge in [0, 0.05) is 15.5 Å². The molecule has 4 N–H and O–H groups in total. The number of nitrogens with two attached hydrogens (primary N) is 1. The van der Waals surface area contributed by atoms with E-state index in [1.54, 1.807) is 30.3 Å². The maximum Gasteiger partial charge on any atom is 0.335 e. The highest BCUT2D eigenvalue weighted by Crippen LogP contribution is 2.30. The predicted molar refractivity (Wildman–Crippen MR) is 79.7 cm³/mol. The average molecular weight is 303 g/mol. The monoisotopic (exact) mass is 303 g/mol. The summed E-state index contributed by atoms with van der Waals surface area (Å²) >= 11 is 1.42. The maximum absolute atomic E-state index is 10.8. The van der Waals surface area contributed by atoms with E-state index in [1.807, 2.05) is 0 Å². The summed E-state index contributed by atoms with van der Waals surface area (Å²) in [5.41, 5.74) is 6.98. The minimum absolute atomic E-state index is 0.127. The molecule has 0 saturated carbocycles. The van der Waals surface area contributed by atoms with Gasteiger partial charge in [0.2, 0.25) is 0 Å². The number of hydrogen-bond acceptors (Lipinski definition) is 4. The van der Waals surface area contributed by atoms with E-state index in [0.29, 0.717) is 11.3 Å². The van der Waals surface area contributed by atoms with Crippen LogP contribution >= 0.6 is 11.8 Å². The molecule has 0 bridgehead atoms. The molecule has 0 unspecified atom stereocenters. The van der Waals surface area contributed by atoms with E-state index in [-0.39, 0.29) is 12.0 Å². The number of carboxylic acid groups (broad SMARTS) is 2. The van der Waals surface area contributed by atoms with Crippen molar-refractivity contribution < 1.29 is 19.8 Å². The van der Waals surface area contributed by atoms with Gasteiger partial charge < -0.3 is 15.9 Å². The Morgan fingerprint density at radius 1 is 1.00 bits per heavy atom. The van der Waals surface area contributed by atoms with Crippen molar-refractivity contribution in [3.8, 4) is 0 Å². The molecule has 0 aromatic heterocycles. The number of nitrogen functional groups attached to an aromatic ring is 1. The Bertz CT molecular complexity index is 683. The fraction of sp³-hybridized carbons (Fsp3) is 0.0667. The average Bonchev–Trinajstić information content (AvgIpc) is 2.42. The van der Waals surface area contributed by atoms with Crippen molar-refractivity contribution in [2.45, 2.75) is 16.2 Å². The second kappa shape index (κ2) is 6.32. The second-order valence-electron chi connectivity index (χ2n) is 4.36. The summed E-state index contributed by atoms with van der Waals surface area (Å²) in [6.45, 7) is 0. The zero-order chi connectivity index (χ0) is 15.4. The molecule has 6 heteroatoms.